The molecule has 8 heteroatoms. The highest BCUT2D eigenvalue weighted by Gasteiger charge is 2.34. The number of aliphatic imine (C=N–C) groups is 1. The van der Waals surface area contributed by atoms with Crippen molar-refractivity contribution >= 4 is 38.5 Å². The first-order chi connectivity index (χ1) is 17.5. The molecular weight excluding hydrogens is 525 g/mol. The molecule has 2 heterocycles. The molecule has 2 aliphatic rings. The number of hydrogen-bond donors (Lipinski definition) is 1. The summed E-state index contributed by atoms with van der Waals surface area (Å²) in [4.78, 5) is 20.5. The molecular formula is C28H27BrFN3O3. The van der Waals surface area contributed by atoms with Crippen molar-refractivity contribution in [1.82, 2.24) is 10.2 Å². The van der Waals surface area contributed by atoms with Gasteiger partial charge in [-0.05, 0) is 41.5 Å². The van der Waals surface area contributed by atoms with E-state index in [9.17, 15) is 9.18 Å². The second-order valence-electron chi connectivity index (χ2n) is 8.73. The lowest BCUT2D eigenvalue weighted by molar-refractivity contribution is -0.139. The van der Waals surface area contributed by atoms with Crippen molar-refractivity contribution < 1.29 is 18.7 Å². The maximum atomic E-state index is 14.0. The van der Waals surface area contributed by atoms with E-state index in [0.717, 1.165) is 35.1 Å². The third-order valence-electron chi connectivity index (χ3n) is 6.39. The average molecular weight is 552 g/mol. The molecule has 0 amide bonds. The number of fused-ring (bicyclic) bond motifs is 1. The molecule has 1 fully saturated rings. The van der Waals surface area contributed by atoms with Crippen LogP contribution in [0.1, 0.15) is 24.1 Å². The lowest BCUT2D eigenvalue weighted by atomic mass is 9.94. The Bertz CT molecular complexity index is 1350. The van der Waals surface area contributed by atoms with E-state index in [2.05, 4.69) is 50.4 Å². The van der Waals surface area contributed by atoms with E-state index in [1.165, 1.54) is 12.1 Å². The minimum atomic E-state index is -0.669. The van der Waals surface area contributed by atoms with Crippen molar-refractivity contribution in [1.29, 1.82) is 0 Å². The quantitative estimate of drug-likeness (QED) is 0.437. The van der Waals surface area contributed by atoms with Gasteiger partial charge in [-0.2, -0.15) is 0 Å². The number of halogens is 2. The fourth-order valence-electron chi connectivity index (χ4n) is 4.58. The normalized spacial score (nSPS) is 18.6. The van der Waals surface area contributed by atoms with E-state index in [1.807, 2.05) is 18.2 Å². The Morgan fingerprint density at radius 3 is 2.67 bits per heavy atom. The Kier molecular flexibility index (Phi) is 7.46. The molecule has 0 spiro atoms. The van der Waals surface area contributed by atoms with Crippen LogP contribution in [-0.4, -0.2) is 56.2 Å². The molecule has 0 saturated carbocycles. The molecule has 1 saturated heterocycles. The van der Waals surface area contributed by atoms with E-state index in [1.54, 1.807) is 13.0 Å². The molecule has 36 heavy (non-hydrogen) atoms. The van der Waals surface area contributed by atoms with Crippen molar-refractivity contribution in [2.24, 2.45) is 4.99 Å². The molecule has 5 rings (SSSR count). The number of benzene rings is 3. The zero-order valence-corrected chi connectivity index (χ0v) is 21.6. The number of amidine groups is 1. The fraction of sp³-hybridized carbons (Fsp3) is 0.286. The number of rotatable bonds is 6. The number of nitrogens with one attached hydrogen (secondary N) is 1. The summed E-state index contributed by atoms with van der Waals surface area (Å²) in [5, 5.41) is 5.68. The molecule has 186 valence electrons. The number of carbonyl (C=O) groups excluding carboxylic acids is 1. The van der Waals surface area contributed by atoms with Crippen LogP contribution in [0, 0.1) is 5.82 Å². The van der Waals surface area contributed by atoms with E-state index in [0.29, 0.717) is 41.2 Å². The molecule has 2 aliphatic heterocycles. The first-order valence-corrected chi connectivity index (χ1v) is 12.8. The van der Waals surface area contributed by atoms with Gasteiger partial charge in [0, 0.05) is 35.4 Å². The SMILES string of the molecule is CCOC(=O)C1=C(CN2CCOCC2)NC(c2ccc3ccccc3c2)=NC1c1ccc(F)cc1Br. The molecule has 1 atom stereocenters. The number of esters is 1. The molecule has 0 aliphatic carbocycles. The second kappa shape index (κ2) is 10.9. The van der Waals surface area contributed by atoms with Gasteiger partial charge in [0.1, 0.15) is 17.7 Å². The van der Waals surface area contributed by atoms with Crippen LogP contribution >= 0.6 is 15.9 Å². The summed E-state index contributed by atoms with van der Waals surface area (Å²) in [6.07, 6.45) is 0. The van der Waals surface area contributed by atoms with Gasteiger partial charge in [-0.15, -0.1) is 0 Å². The second-order valence-corrected chi connectivity index (χ2v) is 9.59. The summed E-state index contributed by atoms with van der Waals surface area (Å²) in [6, 6.07) is 18.1. The first-order valence-electron chi connectivity index (χ1n) is 12.0. The molecule has 0 radical (unpaired) electrons. The lowest BCUT2D eigenvalue weighted by Crippen LogP contribution is -2.43. The van der Waals surface area contributed by atoms with Crippen molar-refractivity contribution in [3.8, 4) is 0 Å². The van der Waals surface area contributed by atoms with E-state index < -0.39 is 12.0 Å². The van der Waals surface area contributed by atoms with E-state index >= 15 is 0 Å². The summed E-state index contributed by atoms with van der Waals surface area (Å²) in [5.41, 5.74) is 2.76. The van der Waals surface area contributed by atoms with Crippen molar-refractivity contribution in [3.05, 3.63) is 93.4 Å². The zero-order valence-electron chi connectivity index (χ0n) is 20.0. The van der Waals surface area contributed by atoms with Crippen LogP contribution in [0.2, 0.25) is 0 Å². The smallest absolute Gasteiger partial charge is 0.338 e. The van der Waals surface area contributed by atoms with Crippen molar-refractivity contribution in [2.45, 2.75) is 13.0 Å². The maximum absolute atomic E-state index is 14.0. The van der Waals surface area contributed by atoms with Gasteiger partial charge in [-0.3, -0.25) is 9.89 Å². The van der Waals surface area contributed by atoms with Gasteiger partial charge in [0.25, 0.3) is 0 Å². The lowest BCUT2D eigenvalue weighted by Gasteiger charge is -2.33. The molecule has 1 N–H and O–H groups in total. The fourth-order valence-corrected chi connectivity index (χ4v) is 5.15. The molecule has 6 nitrogen and oxygen atoms in total. The van der Waals surface area contributed by atoms with Crippen molar-refractivity contribution in [3.63, 3.8) is 0 Å². The monoisotopic (exact) mass is 551 g/mol. The van der Waals surface area contributed by atoms with Gasteiger partial charge in [0.05, 0.1) is 25.4 Å². The van der Waals surface area contributed by atoms with E-state index in [4.69, 9.17) is 14.5 Å². The van der Waals surface area contributed by atoms with Gasteiger partial charge >= 0.3 is 5.97 Å². The van der Waals surface area contributed by atoms with Gasteiger partial charge in [0.2, 0.25) is 0 Å². The Labute approximate surface area is 217 Å². The first kappa shape index (κ1) is 24.6. The van der Waals surface area contributed by atoms with Crippen LogP contribution in [0.4, 0.5) is 4.39 Å². The zero-order chi connectivity index (χ0) is 25.1. The number of hydrogen-bond acceptors (Lipinski definition) is 6. The topological polar surface area (TPSA) is 63.2 Å². The predicted octanol–water partition coefficient (Wildman–Crippen LogP) is 4.98. The number of carbonyl (C=O) groups is 1. The average Bonchev–Trinajstić information content (AvgIpc) is 2.89. The Hall–Kier alpha value is -3.07. The molecule has 3 aromatic rings. The summed E-state index contributed by atoms with van der Waals surface area (Å²) < 4.78 is 25.5. The highest BCUT2D eigenvalue weighted by Crippen LogP contribution is 2.37. The third-order valence-corrected chi connectivity index (χ3v) is 7.07. The Morgan fingerprint density at radius 1 is 1.14 bits per heavy atom. The third kappa shape index (κ3) is 5.21. The Balaban J connectivity index is 1.64. The van der Waals surface area contributed by atoms with Crippen LogP contribution < -0.4 is 5.32 Å². The maximum Gasteiger partial charge on any atom is 0.338 e. The van der Waals surface area contributed by atoms with Crippen LogP contribution in [0.25, 0.3) is 10.8 Å². The summed E-state index contributed by atoms with van der Waals surface area (Å²) in [6.45, 7) is 5.33. The Morgan fingerprint density at radius 2 is 1.92 bits per heavy atom. The predicted molar refractivity (Wildman–Crippen MR) is 141 cm³/mol. The van der Waals surface area contributed by atoms with Crippen LogP contribution in [-0.2, 0) is 14.3 Å². The molecule has 3 aromatic carbocycles. The van der Waals surface area contributed by atoms with Crippen LogP contribution in [0.3, 0.4) is 0 Å². The van der Waals surface area contributed by atoms with Gasteiger partial charge < -0.3 is 14.8 Å². The number of nitrogens with zero attached hydrogens (tertiary/aromatic N) is 2. The highest BCUT2D eigenvalue weighted by molar-refractivity contribution is 9.10. The van der Waals surface area contributed by atoms with Gasteiger partial charge in [0.15, 0.2) is 0 Å². The molecule has 0 bridgehead atoms. The molecule has 1 unspecified atom stereocenters. The highest BCUT2D eigenvalue weighted by atomic mass is 79.9. The van der Waals surface area contributed by atoms with Gasteiger partial charge in [-0.1, -0.05) is 58.4 Å². The number of morpholine rings is 1. The standard InChI is InChI=1S/C28H27BrFN3O3/c1-2-36-28(34)25-24(17-33-11-13-35-14-12-33)31-27(20-8-7-18-5-3-4-6-19(18)15-20)32-26(25)22-10-9-21(30)16-23(22)29/h3-10,15-16,26H,2,11-14,17H2,1H3,(H,31,32). The van der Waals surface area contributed by atoms with Crippen molar-refractivity contribution in [2.75, 3.05) is 39.5 Å². The minimum Gasteiger partial charge on any atom is -0.463 e. The summed E-state index contributed by atoms with van der Waals surface area (Å²) >= 11 is 3.49. The number of ether oxygens (including phenoxy) is 2. The van der Waals surface area contributed by atoms with E-state index in [-0.39, 0.29) is 12.4 Å². The van der Waals surface area contributed by atoms with Crippen LogP contribution in [0.5, 0.6) is 0 Å². The van der Waals surface area contributed by atoms with Crippen LogP contribution in [0.15, 0.2) is 81.4 Å². The largest absolute Gasteiger partial charge is 0.463 e. The summed E-state index contributed by atoms with van der Waals surface area (Å²) in [5.74, 6) is -0.150. The van der Waals surface area contributed by atoms with Gasteiger partial charge in [-0.25, -0.2) is 9.18 Å². The summed E-state index contributed by atoms with van der Waals surface area (Å²) in [7, 11) is 0. The molecule has 0 aromatic heterocycles. The minimum absolute atomic E-state index is 0.242.